The molecule has 1 heterocycles. The van der Waals surface area contributed by atoms with Crippen molar-refractivity contribution in [2.24, 2.45) is 0 Å². The molecule has 0 fully saturated rings. The number of anilines is 1. The number of hydrogen-bond donors (Lipinski definition) is 1. The van der Waals surface area contributed by atoms with E-state index in [0.717, 1.165) is 24.3 Å². The van der Waals surface area contributed by atoms with Gasteiger partial charge in [0.15, 0.2) is 6.61 Å². The molecule has 1 N–H and O–H groups in total. The summed E-state index contributed by atoms with van der Waals surface area (Å²) in [6.45, 7) is -0.788. The van der Waals surface area contributed by atoms with Crippen molar-refractivity contribution in [2.75, 3.05) is 11.9 Å². The molecule has 8 nitrogen and oxygen atoms in total. The number of ether oxygens (including phenoxy) is 1. The van der Waals surface area contributed by atoms with Gasteiger partial charge in [-0.2, -0.15) is 0 Å². The summed E-state index contributed by atoms with van der Waals surface area (Å²) in [6, 6.07) is 4.47. The van der Waals surface area contributed by atoms with Crippen LogP contribution in [0.1, 0.15) is 10.6 Å². The molecule has 2 rings (SSSR count). The number of furan rings is 1. The van der Waals surface area contributed by atoms with Crippen LogP contribution >= 0.6 is 0 Å². The number of rotatable bonds is 5. The minimum atomic E-state index is -1.10. The van der Waals surface area contributed by atoms with Crippen LogP contribution < -0.4 is 5.32 Å². The smallest absolute Gasteiger partial charge is 0.433 e. The van der Waals surface area contributed by atoms with Gasteiger partial charge in [-0.3, -0.25) is 14.9 Å². The first kappa shape index (κ1) is 16.1. The van der Waals surface area contributed by atoms with Gasteiger partial charge in [0.2, 0.25) is 5.76 Å². The van der Waals surface area contributed by atoms with E-state index < -0.39 is 46.7 Å². The van der Waals surface area contributed by atoms with E-state index in [1.54, 1.807) is 0 Å². The first-order valence-corrected chi connectivity index (χ1v) is 6.03. The van der Waals surface area contributed by atoms with Gasteiger partial charge in [0.05, 0.1) is 11.8 Å². The molecule has 0 atom stereocenters. The number of nitro groups is 1. The summed E-state index contributed by atoms with van der Waals surface area (Å²) in [5.41, 5.74) is -0.291. The van der Waals surface area contributed by atoms with Gasteiger partial charge in [0.25, 0.3) is 5.91 Å². The standard InChI is InChI=1S/C13H8F2N2O6/c14-7-1-2-9(8(15)5-7)16-11(18)6-22-13(19)10-3-4-12(23-10)17(20)21/h1-5H,6H2,(H,16,18). The van der Waals surface area contributed by atoms with E-state index in [9.17, 15) is 28.5 Å². The van der Waals surface area contributed by atoms with E-state index in [-0.39, 0.29) is 5.69 Å². The molecule has 1 amide bonds. The van der Waals surface area contributed by atoms with Crippen LogP contribution in [-0.4, -0.2) is 23.4 Å². The molecule has 23 heavy (non-hydrogen) atoms. The monoisotopic (exact) mass is 326 g/mol. The number of carbonyl (C=O) groups is 2. The Bertz CT molecular complexity index is 774. The average molecular weight is 326 g/mol. The second-order valence-corrected chi connectivity index (χ2v) is 4.14. The molecule has 0 aliphatic rings. The van der Waals surface area contributed by atoms with Gasteiger partial charge in [0.1, 0.15) is 16.6 Å². The summed E-state index contributed by atoms with van der Waals surface area (Å²) < 4.78 is 35.2. The average Bonchev–Trinajstić information content (AvgIpc) is 2.98. The minimum Gasteiger partial charge on any atom is -0.450 e. The largest absolute Gasteiger partial charge is 0.450 e. The number of carbonyl (C=O) groups excluding carboxylic acids is 2. The fourth-order valence-corrected chi connectivity index (χ4v) is 1.51. The summed E-state index contributed by atoms with van der Waals surface area (Å²) in [6.07, 6.45) is 0. The molecule has 10 heteroatoms. The second-order valence-electron chi connectivity index (χ2n) is 4.14. The van der Waals surface area contributed by atoms with Gasteiger partial charge in [-0.05, 0) is 18.2 Å². The van der Waals surface area contributed by atoms with Crippen LogP contribution in [0.25, 0.3) is 0 Å². The predicted octanol–water partition coefficient (Wildman–Crippen LogP) is 2.26. The van der Waals surface area contributed by atoms with E-state index in [1.807, 2.05) is 0 Å². The van der Waals surface area contributed by atoms with Crippen molar-refractivity contribution in [3.8, 4) is 0 Å². The maximum absolute atomic E-state index is 13.3. The number of benzene rings is 1. The fraction of sp³-hybridized carbons (Fsp3) is 0.0769. The SMILES string of the molecule is O=C(COC(=O)c1ccc([N+](=O)[O-])o1)Nc1ccc(F)cc1F. The predicted molar refractivity (Wildman–Crippen MR) is 70.6 cm³/mol. The number of nitrogens with one attached hydrogen (secondary N) is 1. The molecule has 120 valence electrons. The van der Waals surface area contributed by atoms with Crippen LogP contribution in [-0.2, 0) is 9.53 Å². The van der Waals surface area contributed by atoms with Gasteiger partial charge in [0, 0.05) is 6.07 Å². The van der Waals surface area contributed by atoms with Gasteiger partial charge in [-0.25, -0.2) is 13.6 Å². The maximum Gasteiger partial charge on any atom is 0.433 e. The Morgan fingerprint density at radius 2 is 2.00 bits per heavy atom. The highest BCUT2D eigenvalue weighted by Crippen LogP contribution is 2.17. The van der Waals surface area contributed by atoms with Crippen LogP contribution in [0.4, 0.5) is 20.4 Å². The third-order valence-electron chi connectivity index (χ3n) is 2.51. The second kappa shape index (κ2) is 6.64. The van der Waals surface area contributed by atoms with Gasteiger partial charge in [-0.15, -0.1) is 0 Å². The van der Waals surface area contributed by atoms with Crippen LogP contribution in [0.15, 0.2) is 34.7 Å². The number of nitrogens with zero attached hydrogens (tertiary/aromatic N) is 1. The summed E-state index contributed by atoms with van der Waals surface area (Å²) in [5, 5.41) is 12.5. The van der Waals surface area contributed by atoms with Crippen molar-refractivity contribution < 1.29 is 32.4 Å². The Morgan fingerprint density at radius 3 is 2.61 bits per heavy atom. The first-order chi connectivity index (χ1) is 10.9. The fourth-order valence-electron chi connectivity index (χ4n) is 1.51. The van der Waals surface area contributed by atoms with Crippen molar-refractivity contribution in [3.63, 3.8) is 0 Å². The zero-order valence-corrected chi connectivity index (χ0v) is 11.2. The molecular formula is C13H8F2N2O6. The van der Waals surface area contributed by atoms with Gasteiger partial charge in [-0.1, -0.05) is 0 Å². The number of esters is 1. The van der Waals surface area contributed by atoms with E-state index in [2.05, 4.69) is 14.5 Å². The van der Waals surface area contributed by atoms with E-state index in [1.165, 1.54) is 0 Å². The summed E-state index contributed by atoms with van der Waals surface area (Å²) in [7, 11) is 0. The first-order valence-electron chi connectivity index (χ1n) is 6.03. The molecule has 0 bridgehead atoms. The summed E-state index contributed by atoms with van der Waals surface area (Å²) in [4.78, 5) is 32.6. The molecule has 0 aliphatic heterocycles. The van der Waals surface area contributed by atoms with E-state index in [0.29, 0.717) is 6.07 Å². The number of hydrogen-bond acceptors (Lipinski definition) is 6. The van der Waals surface area contributed by atoms with Crippen molar-refractivity contribution in [1.82, 2.24) is 0 Å². The van der Waals surface area contributed by atoms with Crippen LogP contribution in [0.5, 0.6) is 0 Å². The normalized spacial score (nSPS) is 10.2. The van der Waals surface area contributed by atoms with Crippen LogP contribution in [0.3, 0.4) is 0 Å². The van der Waals surface area contributed by atoms with Crippen molar-refractivity contribution in [1.29, 1.82) is 0 Å². The third-order valence-corrected chi connectivity index (χ3v) is 2.51. The van der Waals surface area contributed by atoms with Crippen LogP contribution in [0, 0.1) is 21.7 Å². The molecule has 2 aromatic rings. The van der Waals surface area contributed by atoms with Crippen molar-refractivity contribution >= 4 is 23.4 Å². The highest BCUT2D eigenvalue weighted by molar-refractivity contribution is 5.94. The number of amides is 1. The highest BCUT2D eigenvalue weighted by atomic mass is 19.1. The molecule has 0 spiro atoms. The molecule has 1 aromatic carbocycles. The Kier molecular flexibility index (Phi) is 4.64. The molecule has 0 unspecified atom stereocenters. The Morgan fingerprint density at radius 1 is 1.26 bits per heavy atom. The Hall–Kier alpha value is -3.30. The molecule has 0 radical (unpaired) electrons. The quantitative estimate of drug-likeness (QED) is 0.512. The minimum absolute atomic E-state index is 0.291. The lowest BCUT2D eigenvalue weighted by molar-refractivity contribution is -0.402. The lowest BCUT2D eigenvalue weighted by Crippen LogP contribution is -2.21. The molecule has 0 saturated heterocycles. The van der Waals surface area contributed by atoms with Gasteiger partial charge >= 0.3 is 11.9 Å². The highest BCUT2D eigenvalue weighted by Gasteiger charge is 2.19. The zero-order chi connectivity index (χ0) is 17.0. The Labute approximate surface area is 126 Å². The van der Waals surface area contributed by atoms with Crippen molar-refractivity contribution in [3.05, 3.63) is 57.8 Å². The van der Waals surface area contributed by atoms with Gasteiger partial charge < -0.3 is 14.5 Å². The van der Waals surface area contributed by atoms with Crippen LogP contribution in [0.2, 0.25) is 0 Å². The summed E-state index contributed by atoms with van der Waals surface area (Å²) >= 11 is 0. The number of halogens is 2. The lowest BCUT2D eigenvalue weighted by atomic mass is 10.3. The summed E-state index contributed by atoms with van der Waals surface area (Å²) in [5.74, 6) is -4.91. The third kappa shape index (κ3) is 4.09. The molecular weight excluding hydrogens is 318 g/mol. The Balaban J connectivity index is 1.90. The molecule has 0 aliphatic carbocycles. The maximum atomic E-state index is 13.3. The molecule has 0 saturated carbocycles. The van der Waals surface area contributed by atoms with Crippen molar-refractivity contribution in [2.45, 2.75) is 0 Å². The topological polar surface area (TPSA) is 112 Å². The molecule has 1 aromatic heterocycles. The van der Waals surface area contributed by atoms with E-state index >= 15 is 0 Å². The zero-order valence-electron chi connectivity index (χ0n) is 11.2. The van der Waals surface area contributed by atoms with E-state index in [4.69, 9.17) is 0 Å². The lowest BCUT2D eigenvalue weighted by Gasteiger charge is -2.06.